The molecule has 2 aromatic rings. The zero-order valence-electron chi connectivity index (χ0n) is 14.9. The number of hydrogen-bond acceptors (Lipinski definition) is 4. The molecule has 3 N–H and O–H groups in total. The van der Waals surface area contributed by atoms with E-state index in [1.165, 1.54) is 5.56 Å². The van der Waals surface area contributed by atoms with Gasteiger partial charge in [0.1, 0.15) is 6.04 Å². The van der Waals surface area contributed by atoms with E-state index in [-0.39, 0.29) is 18.0 Å². The second-order valence-electron chi connectivity index (χ2n) is 6.74. The number of nitrogens with zero attached hydrogens (tertiary/aromatic N) is 1. The van der Waals surface area contributed by atoms with E-state index in [1.807, 2.05) is 36.4 Å². The minimum Gasteiger partial charge on any atom is -0.271 e. The summed E-state index contributed by atoms with van der Waals surface area (Å²) in [5.41, 5.74) is 12.1. The van der Waals surface area contributed by atoms with Gasteiger partial charge in [-0.05, 0) is 41.2 Å². The predicted octanol–water partition coefficient (Wildman–Crippen LogP) is 3.52. The lowest BCUT2D eigenvalue weighted by atomic mass is 10.0. The van der Waals surface area contributed by atoms with Gasteiger partial charge in [-0.2, -0.15) is 5.10 Å². The zero-order valence-corrected chi connectivity index (χ0v) is 15.6. The molecule has 136 valence electrons. The first-order valence-electron chi connectivity index (χ1n) is 8.72. The minimum atomic E-state index is -0.337. The lowest BCUT2D eigenvalue weighted by molar-refractivity contribution is -0.122. The van der Waals surface area contributed by atoms with Crippen LogP contribution in [0.3, 0.4) is 0 Å². The Bertz CT molecular complexity index is 771. The van der Waals surface area contributed by atoms with E-state index in [0.717, 1.165) is 11.1 Å². The maximum atomic E-state index is 12.3. The number of carbonyl (C=O) groups excluding carboxylic acids is 1. The zero-order chi connectivity index (χ0) is 18.5. The van der Waals surface area contributed by atoms with E-state index in [4.69, 9.17) is 11.6 Å². The summed E-state index contributed by atoms with van der Waals surface area (Å²) in [5, 5.41) is 4.76. The third-order valence-corrected chi connectivity index (χ3v) is 4.74. The number of hydrazine groups is 1. The molecule has 6 heteroatoms. The lowest BCUT2D eigenvalue weighted by Crippen LogP contribution is -2.41. The number of rotatable bonds is 5. The van der Waals surface area contributed by atoms with Crippen molar-refractivity contribution in [3.63, 3.8) is 0 Å². The Labute approximate surface area is 158 Å². The van der Waals surface area contributed by atoms with Crippen LogP contribution >= 0.6 is 11.6 Å². The van der Waals surface area contributed by atoms with Crippen molar-refractivity contribution in [1.82, 2.24) is 16.3 Å². The average Bonchev–Trinajstić information content (AvgIpc) is 3.13. The highest BCUT2D eigenvalue weighted by molar-refractivity contribution is 6.30. The molecule has 5 nitrogen and oxygen atoms in total. The Morgan fingerprint density at radius 3 is 2.50 bits per heavy atom. The molecule has 0 radical (unpaired) electrons. The summed E-state index contributed by atoms with van der Waals surface area (Å²) in [5.74, 6) is 0.333. The van der Waals surface area contributed by atoms with Crippen molar-refractivity contribution in [2.45, 2.75) is 38.3 Å². The molecule has 0 aliphatic carbocycles. The fraction of sp³-hybridized carbons (Fsp3) is 0.300. The van der Waals surface area contributed by atoms with Crippen molar-refractivity contribution in [3.8, 4) is 0 Å². The number of amides is 1. The largest absolute Gasteiger partial charge is 0.271 e. The van der Waals surface area contributed by atoms with Crippen LogP contribution in [-0.2, 0) is 4.79 Å². The highest BCUT2D eigenvalue weighted by atomic mass is 35.5. The molecule has 0 saturated carbocycles. The van der Waals surface area contributed by atoms with E-state index >= 15 is 0 Å². The normalized spacial score (nSPS) is 20.0. The molecular formula is C20H23ClN4O. The van der Waals surface area contributed by atoms with Crippen molar-refractivity contribution in [2.75, 3.05) is 0 Å². The van der Waals surface area contributed by atoms with Crippen molar-refractivity contribution in [1.29, 1.82) is 0 Å². The number of carbonyl (C=O) groups is 1. The van der Waals surface area contributed by atoms with Crippen LogP contribution < -0.4 is 16.3 Å². The highest BCUT2D eigenvalue weighted by Gasteiger charge is 2.29. The minimum absolute atomic E-state index is 0.0653. The monoisotopic (exact) mass is 370 g/mol. The van der Waals surface area contributed by atoms with Crippen LogP contribution in [0.5, 0.6) is 0 Å². The van der Waals surface area contributed by atoms with Gasteiger partial charge in [-0.1, -0.05) is 61.8 Å². The van der Waals surface area contributed by atoms with E-state index in [2.05, 4.69) is 47.4 Å². The molecule has 0 spiro atoms. The molecule has 2 aromatic carbocycles. The Morgan fingerprint density at radius 1 is 1.15 bits per heavy atom. The van der Waals surface area contributed by atoms with Crippen LogP contribution in [0.1, 0.15) is 48.9 Å². The number of hydrazone groups is 1. The summed E-state index contributed by atoms with van der Waals surface area (Å²) < 4.78 is 0. The third kappa shape index (κ3) is 4.69. The van der Waals surface area contributed by atoms with Gasteiger partial charge in [-0.25, -0.2) is 16.3 Å². The second kappa shape index (κ2) is 8.45. The molecule has 2 atom stereocenters. The van der Waals surface area contributed by atoms with Crippen LogP contribution in [0.4, 0.5) is 0 Å². The smallest absolute Gasteiger partial charge is 0.258 e. The first-order valence-corrected chi connectivity index (χ1v) is 9.10. The number of nitrogens with one attached hydrogen (secondary N) is 3. The fourth-order valence-electron chi connectivity index (χ4n) is 2.86. The van der Waals surface area contributed by atoms with Gasteiger partial charge in [0.15, 0.2) is 0 Å². The summed E-state index contributed by atoms with van der Waals surface area (Å²) in [7, 11) is 0. The van der Waals surface area contributed by atoms with Crippen LogP contribution in [0.15, 0.2) is 53.6 Å². The van der Waals surface area contributed by atoms with Gasteiger partial charge in [0.2, 0.25) is 0 Å². The molecule has 3 rings (SSSR count). The number of hydrogen-bond donors (Lipinski definition) is 3. The maximum absolute atomic E-state index is 12.3. The van der Waals surface area contributed by atoms with Crippen molar-refractivity contribution < 1.29 is 4.79 Å². The third-order valence-electron chi connectivity index (χ3n) is 4.48. The van der Waals surface area contributed by atoms with Crippen LogP contribution in [0.2, 0.25) is 5.02 Å². The average molecular weight is 371 g/mol. The van der Waals surface area contributed by atoms with Gasteiger partial charge >= 0.3 is 0 Å². The van der Waals surface area contributed by atoms with Gasteiger partial charge in [0, 0.05) is 11.1 Å². The SMILES string of the molecule is CC(C)c1ccc(/C=N/NC(=O)C2CC(c3ccc(Cl)cc3)NN2)cc1. The molecule has 2 unspecified atom stereocenters. The summed E-state index contributed by atoms with van der Waals surface area (Å²) in [6.07, 6.45) is 2.30. The predicted molar refractivity (Wildman–Crippen MR) is 105 cm³/mol. The Hall–Kier alpha value is -2.21. The molecule has 1 fully saturated rings. The van der Waals surface area contributed by atoms with Gasteiger partial charge in [0.05, 0.1) is 6.21 Å². The summed E-state index contributed by atoms with van der Waals surface area (Å²) in [4.78, 5) is 12.3. The lowest BCUT2D eigenvalue weighted by Gasteiger charge is -2.09. The first kappa shape index (κ1) is 18.6. The fourth-order valence-corrected chi connectivity index (χ4v) is 2.98. The van der Waals surface area contributed by atoms with Crippen molar-refractivity contribution >= 4 is 23.7 Å². The van der Waals surface area contributed by atoms with Crippen LogP contribution in [-0.4, -0.2) is 18.2 Å². The molecule has 0 aromatic heterocycles. The van der Waals surface area contributed by atoms with Crippen molar-refractivity contribution in [2.24, 2.45) is 5.10 Å². The van der Waals surface area contributed by atoms with E-state index in [9.17, 15) is 4.79 Å². The summed E-state index contributed by atoms with van der Waals surface area (Å²) in [6.45, 7) is 4.31. The summed E-state index contributed by atoms with van der Waals surface area (Å²) in [6, 6.07) is 15.5. The maximum Gasteiger partial charge on any atom is 0.258 e. The molecule has 1 aliphatic heterocycles. The quantitative estimate of drug-likeness (QED) is 0.557. The van der Waals surface area contributed by atoms with Gasteiger partial charge in [0.25, 0.3) is 5.91 Å². The topological polar surface area (TPSA) is 65.5 Å². The molecular weight excluding hydrogens is 348 g/mol. The Balaban J connectivity index is 1.51. The molecule has 0 bridgehead atoms. The van der Waals surface area contributed by atoms with Crippen LogP contribution in [0.25, 0.3) is 0 Å². The first-order chi connectivity index (χ1) is 12.5. The Kier molecular flexibility index (Phi) is 6.04. The molecule has 1 aliphatic rings. The molecule has 26 heavy (non-hydrogen) atoms. The van der Waals surface area contributed by atoms with E-state index < -0.39 is 0 Å². The highest BCUT2D eigenvalue weighted by Crippen LogP contribution is 2.23. The Morgan fingerprint density at radius 2 is 1.85 bits per heavy atom. The number of benzene rings is 2. The second-order valence-corrected chi connectivity index (χ2v) is 7.17. The molecule has 1 amide bonds. The summed E-state index contributed by atoms with van der Waals surface area (Å²) >= 11 is 5.91. The van der Waals surface area contributed by atoms with Crippen LogP contribution in [0, 0.1) is 0 Å². The van der Waals surface area contributed by atoms with E-state index in [0.29, 0.717) is 17.4 Å². The molecule has 1 heterocycles. The van der Waals surface area contributed by atoms with Gasteiger partial charge in [-0.15, -0.1) is 0 Å². The number of halogens is 1. The molecule has 1 saturated heterocycles. The van der Waals surface area contributed by atoms with E-state index in [1.54, 1.807) is 6.21 Å². The van der Waals surface area contributed by atoms with Crippen molar-refractivity contribution in [3.05, 3.63) is 70.2 Å². The van der Waals surface area contributed by atoms with Gasteiger partial charge < -0.3 is 0 Å². The van der Waals surface area contributed by atoms with Gasteiger partial charge in [-0.3, -0.25) is 4.79 Å². The standard InChI is InChI=1S/C20H23ClN4O/c1-13(2)15-5-3-14(4-6-15)12-22-25-20(26)19-11-18(23-24-19)16-7-9-17(21)10-8-16/h3-10,12-13,18-19,23-24H,11H2,1-2H3,(H,25,26)/b22-12+.